The van der Waals surface area contributed by atoms with Crippen LogP contribution >= 0.6 is 0 Å². The van der Waals surface area contributed by atoms with E-state index in [1.54, 1.807) is 10.7 Å². The summed E-state index contributed by atoms with van der Waals surface area (Å²) in [5.41, 5.74) is 1.53. The Kier molecular flexibility index (Phi) is 5.67. The van der Waals surface area contributed by atoms with Crippen LogP contribution in [0.1, 0.15) is 16.1 Å². The lowest BCUT2D eigenvalue weighted by Crippen LogP contribution is -2.49. The van der Waals surface area contributed by atoms with Crippen LogP contribution in [-0.4, -0.2) is 68.1 Å². The number of aromatic amines is 1. The van der Waals surface area contributed by atoms with E-state index in [9.17, 15) is 18.0 Å². The van der Waals surface area contributed by atoms with Crippen LogP contribution in [0.3, 0.4) is 0 Å². The van der Waals surface area contributed by atoms with Crippen molar-refractivity contribution < 1.29 is 22.7 Å². The van der Waals surface area contributed by atoms with Crippen LogP contribution in [0.15, 0.2) is 48.7 Å². The second-order valence-corrected chi connectivity index (χ2v) is 7.98. The molecule has 5 rings (SSSR count). The summed E-state index contributed by atoms with van der Waals surface area (Å²) in [4.78, 5) is 21.0. The molecule has 4 heterocycles. The number of carbonyl (C=O) groups excluding carboxylic acids is 1. The molecule has 35 heavy (non-hydrogen) atoms. The molecule has 1 aromatic carbocycles. The third kappa shape index (κ3) is 4.83. The van der Waals surface area contributed by atoms with E-state index in [1.165, 1.54) is 23.1 Å². The average Bonchev–Trinajstić information content (AvgIpc) is 3.47. The Morgan fingerprint density at radius 2 is 1.89 bits per heavy atom. The molecule has 0 radical (unpaired) electrons. The number of carbonyl (C=O) groups is 1. The summed E-state index contributed by atoms with van der Waals surface area (Å²) in [6, 6.07) is 10.9. The fourth-order valence-electron chi connectivity index (χ4n) is 3.89. The zero-order valence-electron chi connectivity index (χ0n) is 18.6. The SMILES string of the molecule is Cc1cc(Nc2nc(N3CCN(C(=O)c4ccccc4OC(F)(F)F)CC3)nn3cccc23)n[nH]1. The highest BCUT2D eigenvalue weighted by molar-refractivity contribution is 5.97. The number of fused-ring (bicyclic) bond motifs is 1. The average molecular weight is 486 g/mol. The number of anilines is 3. The molecule has 1 fully saturated rings. The summed E-state index contributed by atoms with van der Waals surface area (Å²) in [5.74, 6) is 0.602. The second kappa shape index (κ2) is 8.81. The fraction of sp³-hybridized carbons (Fsp3) is 0.273. The standard InChI is InChI=1S/C22H21F3N8O2/c1-14-13-18(29-28-14)26-19-16-6-4-8-33(16)30-21(27-19)32-11-9-31(10-12-32)20(34)15-5-2-3-7-17(15)35-22(23,24)25/h2-8,13H,9-12H2,1H3,(H2,26,27,28,29,30). The molecule has 0 aliphatic carbocycles. The van der Waals surface area contributed by atoms with E-state index in [0.717, 1.165) is 17.3 Å². The molecule has 0 spiro atoms. The third-order valence-corrected chi connectivity index (χ3v) is 5.53. The predicted octanol–water partition coefficient (Wildman–Crippen LogP) is 3.37. The first-order valence-corrected chi connectivity index (χ1v) is 10.8. The van der Waals surface area contributed by atoms with E-state index in [0.29, 0.717) is 30.7 Å². The van der Waals surface area contributed by atoms with E-state index in [2.05, 4.69) is 30.3 Å². The van der Waals surface area contributed by atoms with Crippen molar-refractivity contribution in [1.29, 1.82) is 0 Å². The van der Waals surface area contributed by atoms with E-state index in [1.807, 2.05) is 30.0 Å². The van der Waals surface area contributed by atoms with E-state index in [-0.39, 0.29) is 18.7 Å². The lowest BCUT2D eigenvalue weighted by atomic mass is 10.1. The maximum atomic E-state index is 13.0. The summed E-state index contributed by atoms with van der Waals surface area (Å²) in [6.07, 6.45) is -3.08. The zero-order chi connectivity index (χ0) is 24.6. The number of halogens is 3. The summed E-state index contributed by atoms with van der Waals surface area (Å²) >= 11 is 0. The number of benzene rings is 1. The summed E-state index contributed by atoms with van der Waals surface area (Å²) in [5, 5.41) is 14.8. The Balaban J connectivity index is 1.32. The lowest BCUT2D eigenvalue weighted by Gasteiger charge is -2.35. The molecule has 3 aromatic heterocycles. The molecule has 1 saturated heterocycles. The number of hydrogen-bond acceptors (Lipinski definition) is 7. The van der Waals surface area contributed by atoms with Gasteiger partial charge >= 0.3 is 6.36 Å². The van der Waals surface area contributed by atoms with Gasteiger partial charge in [0.2, 0.25) is 5.95 Å². The van der Waals surface area contributed by atoms with Crippen molar-refractivity contribution in [3.05, 3.63) is 59.9 Å². The Hall–Kier alpha value is -4.29. The number of amides is 1. The Morgan fingerprint density at radius 1 is 1.11 bits per heavy atom. The molecule has 1 aliphatic heterocycles. The quantitative estimate of drug-likeness (QED) is 0.446. The van der Waals surface area contributed by atoms with Gasteiger partial charge in [-0.15, -0.1) is 18.3 Å². The van der Waals surface area contributed by atoms with Gasteiger partial charge in [0.1, 0.15) is 11.3 Å². The highest BCUT2D eigenvalue weighted by atomic mass is 19.4. The Morgan fingerprint density at radius 3 is 2.60 bits per heavy atom. The van der Waals surface area contributed by atoms with Gasteiger partial charge in [-0.3, -0.25) is 9.89 Å². The monoisotopic (exact) mass is 486 g/mol. The van der Waals surface area contributed by atoms with Crippen molar-refractivity contribution in [3.8, 4) is 5.75 Å². The number of para-hydroxylation sites is 1. The smallest absolute Gasteiger partial charge is 0.405 e. The molecule has 0 saturated carbocycles. The van der Waals surface area contributed by atoms with Crippen LogP contribution in [0.2, 0.25) is 0 Å². The van der Waals surface area contributed by atoms with Gasteiger partial charge in [0.25, 0.3) is 5.91 Å². The Labute approximate surface area is 197 Å². The van der Waals surface area contributed by atoms with E-state index >= 15 is 0 Å². The van der Waals surface area contributed by atoms with Crippen LogP contribution in [0.4, 0.5) is 30.8 Å². The van der Waals surface area contributed by atoms with Crippen LogP contribution in [0.25, 0.3) is 5.52 Å². The number of nitrogens with zero attached hydrogens (tertiary/aromatic N) is 6. The lowest BCUT2D eigenvalue weighted by molar-refractivity contribution is -0.274. The van der Waals surface area contributed by atoms with Gasteiger partial charge in [-0.05, 0) is 31.2 Å². The molecule has 2 N–H and O–H groups in total. The number of aryl methyl sites for hydroxylation is 1. The number of aromatic nitrogens is 5. The van der Waals surface area contributed by atoms with Gasteiger partial charge in [-0.25, -0.2) is 4.52 Å². The van der Waals surface area contributed by atoms with Crippen molar-refractivity contribution in [2.75, 3.05) is 36.4 Å². The number of nitrogens with one attached hydrogen (secondary N) is 2. The van der Waals surface area contributed by atoms with Crippen LogP contribution in [0, 0.1) is 6.92 Å². The van der Waals surface area contributed by atoms with Gasteiger partial charge in [0, 0.05) is 44.1 Å². The van der Waals surface area contributed by atoms with Gasteiger partial charge in [0.15, 0.2) is 11.6 Å². The molecule has 10 nitrogen and oxygen atoms in total. The maximum absolute atomic E-state index is 13.0. The van der Waals surface area contributed by atoms with Gasteiger partial charge in [0.05, 0.1) is 5.56 Å². The third-order valence-electron chi connectivity index (χ3n) is 5.53. The number of ether oxygens (including phenoxy) is 1. The predicted molar refractivity (Wildman–Crippen MR) is 121 cm³/mol. The van der Waals surface area contributed by atoms with Gasteiger partial charge in [-0.2, -0.15) is 10.1 Å². The molecule has 1 amide bonds. The van der Waals surface area contributed by atoms with Crippen LogP contribution < -0.4 is 15.0 Å². The largest absolute Gasteiger partial charge is 0.573 e. The van der Waals surface area contributed by atoms with Crippen molar-refractivity contribution in [1.82, 2.24) is 29.7 Å². The van der Waals surface area contributed by atoms with Crippen LogP contribution in [0.5, 0.6) is 5.75 Å². The highest BCUT2D eigenvalue weighted by Gasteiger charge is 2.34. The number of alkyl halides is 3. The minimum atomic E-state index is -4.89. The first kappa shape index (κ1) is 22.5. The summed E-state index contributed by atoms with van der Waals surface area (Å²) < 4.78 is 44.0. The summed E-state index contributed by atoms with van der Waals surface area (Å²) in [6.45, 7) is 3.27. The molecule has 4 aromatic rings. The van der Waals surface area contributed by atoms with Crippen molar-refractivity contribution >= 4 is 29.0 Å². The van der Waals surface area contributed by atoms with Crippen molar-refractivity contribution in [2.45, 2.75) is 13.3 Å². The topological polar surface area (TPSA) is 104 Å². The van der Waals surface area contributed by atoms with E-state index < -0.39 is 18.0 Å². The molecule has 182 valence electrons. The normalized spacial score (nSPS) is 14.4. The van der Waals surface area contributed by atoms with Gasteiger partial charge < -0.3 is 19.9 Å². The number of piperazine rings is 1. The minimum absolute atomic E-state index is 0.135. The van der Waals surface area contributed by atoms with E-state index in [4.69, 9.17) is 0 Å². The molecular formula is C22H21F3N8O2. The van der Waals surface area contributed by atoms with Crippen molar-refractivity contribution in [2.24, 2.45) is 0 Å². The molecule has 13 heteroatoms. The summed E-state index contributed by atoms with van der Waals surface area (Å²) in [7, 11) is 0. The first-order valence-electron chi connectivity index (χ1n) is 10.8. The Bertz CT molecular complexity index is 1360. The maximum Gasteiger partial charge on any atom is 0.573 e. The molecule has 0 bridgehead atoms. The highest BCUT2D eigenvalue weighted by Crippen LogP contribution is 2.28. The zero-order valence-corrected chi connectivity index (χ0v) is 18.6. The molecule has 0 atom stereocenters. The first-order chi connectivity index (χ1) is 16.8. The number of hydrogen-bond donors (Lipinski definition) is 2. The second-order valence-electron chi connectivity index (χ2n) is 7.98. The minimum Gasteiger partial charge on any atom is -0.405 e. The van der Waals surface area contributed by atoms with Crippen molar-refractivity contribution in [3.63, 3.8) is 0 Å². The number of H-pyrrole nitrogens is 1. The van der Waals surface area contributed by atoms with Crippen LogP contribution in [-0.2, 0) is 0 Å². The molecular weight excluding hydrogens is 465 g/mol. The number of rotatable bonds is 5. The van der Waals surface area contributed by atoms with Gasteiger partial charge in [-0.1, -0.05) is 12.1 Å². The molecule has 1 aliphatic rings. The fourth-order valence-corrected chi connectivity index (χ4v) is 3.89. The molecule has 0 unspecified atom stereocenters.